The fourth-order valence-electron chi connectivity index (χ4n) is 6.72. The van der Waals surface area contributed by atoms with Crippen molar-refractivity contribution in [2.45, 2.75) is 74.1 Å². The van der Waals surface area contributed by atoms with Gasteiger partial charge in [0.25, 0.3) is 0 Å². The van der Waals surface area contributed by atoms with Gasteiger partial charge in [-0.3, -0.25) is 9.59 Å². The van der Waals surface area contributed by atoms with Crippen LogP contribution in [0, 0.1) is 61.3 Å². The molecule has 0 aliphatic heterocycles. The van der Waals surface area contributed by atoms with Crippen LogP contribution in [0.3, 0.4) is 0 Å². The van der Waals surface area contributed by atoms with Crippen LogP contribution in [0.2, 0.25) is 0 Å². The van der Waals surface area contributed by atoms with Crippen LogP contribution in [0.25, 0.3) is 0 Å². The number of methoxy groups -OCH3 is 1. The molecule has 0 spiro atoms. The monoisotopic (exact) mass is 790 g/mol. The number of hydrogen-bond acceptors (Lipinski definition) is 11. The number of allylic oxidation sites excluding steroid dienone is 2. The lowest BCUT2D eigenvalue weighted by Crippen LogP contribution is -2.32. The van der Waals surface area contributed by atoms with Crippen molar-refractivity contribution in [2.24, 2.45) is 5.92 Å². The number of aryl methyl sites for hydroxylation is 1. The Morgan fingerprint density at radius 1 is 0.717 bits per heavy atom. The Bertz CT molecular complexity index is 2190. The number of esters is 3. The lowest BCUT2D eigenvalue weighted by molar-refractivity contribution is -0.142. The number of aliphatic hydroxyl groups is 1. The van der Waals surface area contributed by atoms with E-state index in [0.29, 0.717) is 39.1 Å². The Labute approximate surface area is 314 Å². The van der Waals surface area contributed by atoms with Crippen molar-refractivity contribution >= 4 is 45.6 Å². The first-order valence-electron chi connectivity index (χ1n) is 16.7. The summed E-state index contributed by atoms with van der Waals surface area (Å²) in [6.07, 6.45) is 3.71. The molecule has 0 amide bonds. The van der Waals surface area contributed by atoms with Gasteiger partial charge in [0.1, 0.15) is 38.8 Å². The number of phenolic OH excluding ortho intramolecular Hbond substituents is 1. The molecule has 1 unspecified atom stereocenters. The van der Waals surface area contributed by atoms with E-state index < -0.39 is 41.3 Å². The molecule has 0 bridgehead atoms. The lowest BCUT2D eigenvalue weighted by Gasteiger charge is -2.22. The molecule has 0 radical (unpaired) electrons. The average Bonchev–Trinajstić information content (AvgIpc) is 3.91. The van der Waals surface area contributed by atoms with Crippen molar-refractivity contribution in [2.75, 3.05) is 7.11 Å². The Kier molecular flexibility index (Phi) is 10.6. The quantitative estimate of drug-likeness (QED) is 0.109. The van der Waals surface area contributed by atoms with E-state index in [-0.39, 0.29) is 61.2 Å². The molecule has 3 N–H and O–H groups in total. The molecule has 0 heterocycles. The third-order valence-electron chi connectivity index (χ3n) is 10.1. The summed E-state index contributed by atoms with van der Waals surface area (Å²) in [5.74, 6) is -6.55. The Morgan fingerprint density at radius 2 is 1.28 bits per heavy atom. The van der Waals surface area contributed by atoms with Gasteiger partial charge >= 0.3 is 23.9 Å². The number of aliphatic hydroxyl groups excluding tert-OH is 1. The predicted molar refractivity (Wildman–Crippen MR) is 195 cm³/mol. The van der Waals surface area contributed by atoms with Crippen molar-refractivity contribution in [3.63, 3.8) is 0 Å². The maximum atomic E-state index is 13.8. The second kappa shape index (κ2) is 14.5. The highest BCUT2D eigenvalue weighted by molar-refractivity contribution is 9.10. The molecule has 1 fully saturated rings. The number of aromatic carboxylic acids is 1. The zero-order valence-corrected chi connectivity index (χ0v) is 32.3. The SMILES string of the molecule is COC1=CC(O)=CC(=O)C1C(=O)Oc1c(C)c(C)c(C(=O)Oc2cc(C)c(C(=O)Oc3c(C)c(C)c(C(=O)O)c(C)c3C3CC3)c(C)c2C)c(O)c1Br. The minimum Gasteiger partial charge on any atom is -0.508 e. The van der Waals surface area contributed by atoms with E-state index in [1.807, 2.05) is 0 Å². The maximum Gasteiger partial charge on any atom is 0.347 e. The normalized spacial score (nSPS) is 15.4. The van der Waals surface area contributed by atoms with Crippen LogP contribution in [0.15, 0.2) is 34.2 Å². The number of phenols is 1. The topological polar surface area (TPSA) is 183 Å². The Morgan fingerprint density at radius 3 is 1.87 bits per heavy atom. The summed E-state index contributed by atoms with van der Waals surface area (Å²) in [5, 5.41) is 30.8. The van der Waals surface area contributed by atoms with Gasteiger partial charge in [-0.1, -0.05) is 0 Å². The van der Waals surface area contributed by atoms with E-state index in [4.69, 9.17) is 18.9 Å². The van der Waals surface area contributed by atoms with Gasteiger partial charge in [-0.2, -0.15) is 0 Å². The van der Waals surface area contributed by atoms with E-state index >= 15 is 0 Å². The Hall–Kier alpha value is -5.43. The van der Waals surface area contributed by atoms with Crippen LogP contribution >= 0.6 is 15.9 Å². The van der Waals surface area contributed by atoms with Crippen molar-refractivity contribution in [3.8, 4) is 23.0 Å². The van der Waals surface area contributed by atoms with Crippen LogP contribution in [-0.2, 0) is 14.3 Å². The van der Waals surface area contributed by atoms with Crippen molar-refractivity contribution < 1.29 is 58.2 Å². The van der Waals surface area contributed by atoms with Crippen LogP contribution in [0.4, 0.5) is 0 Å². The molecule has 5 rings (SSSR count). The largest absolute Gasteiger partial charge is 0.508 e. The van der Waals surface area contributed by atoms with Gasteiger partial charge in [0.15, 0.2) is 17.5 Å². The third kappa shape index (κ3) is 6.93. The number of aromatic hydroxyl groups is 1. The Balaban J connectivity index is 1.43. The van der Waals surface area contributed by atoms with Gasteiger partial charge < -0.3 is 34.3 Å². The number of carbonyl (C=O) groups is 5. The lowest BCUT2D eigenvalue weighted by atomic mass is 9.90. The highest BCUT2D eigenvalue weighted by Crippen LogP contribution is 2.49. The molecule has 53 heavy (non-hydrogen) atoms. The molecule has 2 aliphatic carbocycles. The molecule has 2 aliphatic rings. The molecular formula is C40H39BrO12. The molecular weight excluding hydrogens is 752 g/mol. The number of carbonyl (C=O) groups excluding carboxylic acids is 4. The average molecular weight is 792 g/mol. The summed E-state index contributed by atoms with van der Waals surface area (Å²) >= 11 is 3.21. The first-order chi connectivity index (χ1) is 24.8. The zero-order valence-electron chi connectivity index (χ0n) is 30.7. The van der Waals surface area contributed by atoms with E-state index in [1.165, 1.54) is 20.1 Å². The summed E-state index contributed by atoms with van der Waals surface area (Å²) in [6, 6.07) is 1.52. The van der Waals surface area contributed by atoms with Crippen molar-refractivity contribution in [3.05, 3.63) is 101 Å². The maximum absolute atomic E-state index is 13.8. The van der Waals surface area contributed by atoms with Gasteiger partial charge in [-0.15, -0.1) is 0 Å². The molecule has 0 saturated heterocycles. The number of halogens is 1. The predicted octanol–water partition coefficient (Wildman–Crippen LogP) is 7.71. The highest BCUT2D eigenvalue weighted by Gasteiger charge is 2.38. The van der Waals surface area contributed by atoms with Gasteiger partial charge in [0.05, 0.1) is 18.2 Å². The van der Waals surface area contributed by atoms with E-state index in [1.54, 1.807) is 48.5 Å². The van der Waals surface area contributed by atoms with Crippen molar-refractivity contribution in [1.29, 1.82) is 0 Å². The molecule has 1 saturated carbocycles. The number of hydrogen-bond donors (Lipinski definition) is 3. The van der Waals surface area contributed by atoms with Crippen LogP contribution in [0.5, 0.6) is 23.0 Å². The number of ether oxygens (including phenoxy) is 4. The van der Waals surface area contributed by atoms with E-state index in [2.05, 4.69) is 15.9 Å². The number of carboxylic acid groups (broad SMARTS) is 1. The highest BCUT2D eigenvalue weighted by atomic mass is 79.9. The fraction of sp³-hybridized carbons (Fsp3) is 0.325. The summed E-state index contributed by atoms with van der Waals surface area (Å²) in [4.78, 5) is 65.2. The number of benzene rings is 3. The van der Waals surface area contributed by atoms with Crippen LogP contribution in [-0.4, -0.2) is 52.1 Å². The number of rotatable bonds is 9. The number of carboxylic acids is 1. The van der Waals surface area contributed by atoms with Gasteiger partial charge in [0, 0.05) is 17.7 Å². The third-order valence-corrected chi connectivity index (χ3v) is 10.8. The van der Waals surface area contributed by atoms with Crippen molar-refractivity contribution in [1.82, 2.24) is 0 Å². The fourth-order valence-corrected chi connectivity index (χ4v) is 7.30. The van der Waals surface area contributed by atoms with E-state index in [0.717, 1.165) is 30.6 Å². The second-order valence-electron chi connectivity index (χ2n) is 13.4. The van der Waals surface area contributed by atoms with Gasteiger partial charge in [0.2, 0.25) is 0 Å². The summed E-state index contributed by atoms with van der Waals surface area (Å²) in [5.41, 5.74) is 4.58. The molecule has 0 aromatic heterocycles. The standard InChI is InChI=1S/C40H39BrO12/c1-15-12-26(16(2)17(3)28(15)38(47)52-35-20(6)18(4)29(37(45)46)22(8)30(35)23-10-11-23)51-39(48)31-19(5)21(7)36(33(41)34(31)44)53-40(49)32-25(43)13-24(42)14-27(32)50-9/h12-14,23,32,42,44H,10-11H2,1-9H3,(H,45,46). The minimum atomic E-state index is -1.50. The second-order valence-corrected chi connectivity index (χ2v) is 14.2. The minimum absolute atomic E-state index is 0.0974. The molecule has 278 valence electrons. The van der Waals surface area contributed by atoms with Gasteiger partial charge in [-0.05, 0) is 141 Å². The molecule has 1 atom stereocenters. The van der Waals surface area contributed by atoms with Crippen LogP contribution < -0.4 is 14.2 Å². The summed E-state index contributed by atoms with van der Waals surface area (Å²) in [7, 11) is 1.23. The first-order valence-corrected chi connectivity index (χ1v) is 17.5. The van der Waals surface area contributed by atoms with Gasteiger partial charge in [-0.25, -0.2) is 14.4 Å². The summed E-state index contributed by atoms with van der Waals surface area (Å²) in [6.45, 7) is 13.3. The smallest absolute Gasteiger partial charge is 0.347 e. The van der Waals surface area contributed by atoms with Crippen LogP contribution in [0.1, 0.15) is 99.9 Å². The first kappa shape index (κ1) is 38.8. The number of ketones is 1. The molecule has 3 aromatic rings. The van der Waals surface area contributed by atoms with E-state index in [9.17, 15) is 39.3 Å². The molecule has 13 heteroatoms. The zero-order chi connectivity index (χ0) is 39.4. The summed E-state index contributed by atoms with van der Waals surface area (Å²) < 4.78 is 22.4. The molecule has 3 aromatic carbocycles. The molecule has 12 nitrogen and oxygen atoms in total.